The molecule has 1 rings (SSSR count). The second-order valence-corrected chi connectivity index (χ2v) is 2.59. The van der Waals surface area contributed by atoms with Crippen LogP contribution >= 0.6 is 0 Å². The van der Waals surface area contributed by atoms with Crippen molar-refractivity contribution in [3.05, 3.63) is 29.8 Å². The Balaban J connectivity index is 2.96. The number of rotatable bonds is 2. The van der Waals surface area contributed by atoms with Crippen LogP contribution in [0.1, 0.15) is 17.3 Å². The molecular weight excluding hydrogens is 156 g/mol. The van der Waals surface area contributed by atoms with Gasteiger partial charge in [0, 0.05) is 5.56 Å². The Kier molecular flexibility index (Phi) is 2.45. The maximum atomic E-state index is 11.1. The van der Waals surface area contributed by atoms with Crippen LogP contribution in [0.5, 0.6) is 5.75 Å². The molecule has 0 saturated carbocycles. The fraction of sp³-hybridized carbons (Fsp3) is 0.222. The van der Waals surface area contributed by atoms with E-state index in [-0.39, 0.29) is 11.5 Å². The van der Waals surface area contributed by atoms with E-state index in [0.29, 0.717) is 5.56 Å². The van der Waals surface area contributed by atoms with E-state index in [1.807, 2.05) is 0 Å². The number of phenols is 1. The normalized spacial score (nSPS) is 12.5. The number of benzene rings is 1. The Labute approximate surface area is 70.3 Å². The average Bonchev–Trinajstić information content (AvgIpc) is 2.03. The van der Waals surface area contributed by atoms with E-state index < -0.39 is 6.10 Å². The molecule has 1 aromatic rings. The van der Waals surface area contributed by atoms with E-state index in [1.54, 1.807) is 12.1 Å². The summed E-state index contributed by atoms with van der Waals surface area (Å²) >= 11 is 0. The van der Waals surface area contributed by atoms with Gasteiger partial charge in [-0.3, -0.25) is 4.79 Å². The molecule has 0 saturated heterocycles. The van der Waals surface area contributed by atoms with Gasteiger partial charge in [0.2, 0.25) is 0 Å². The van der Waals surface area contributed by atoms with Crippen LogP contribution in [0.15, 0.2) is 24.3 Å². The van der Waals surface area contributed by atoms with Crippen molar-refractivity contribution in [1.82, 2.24) is 0 Å². The van der Waals surface area contributed by atoms with Crippen molar-refractivity contribution >= 4 is 5.78 Å². The summed E-state index contributed by atoms with van der Waals surface area (Å²) in [5, 5.41) is 17.9. The van der Waals surface area contributed by atoms with Gasteiger partial charge < -0.3 is 10.2 Å². The zero-order chi connectivity index (χ0) is 9.14. The van der Waals surface area contributed by atoms with Crippen LogP contribution in [0, 0.1) is 0 Å². The lowest BCUT2D eigenvalue weighted by atomic mass is 10.1. The van der Waals surface area contributed by atoms with Gasteiger partial charge in [-0.15, -0.1) is 0 Å². The van der Waals surface area contributed by atoms with Crippen LogP contribution in [0.2, 0.25) is 0 Å². The third kappa shape index (κ3) is 1.83. The highest BCUT2D eigenvalue weighted by molar-refractivity contribution is 5.99. The second-order valence-electron chi connectivity index (χ2n) is 2.59. The number of carbonyl (C=O) groups is 1. The third-order valence-electron chi connectivity index (χ3n) is 1.51. The minimum atomic E-state index is -1.02. The number of Topliss-reactive ketones (excluding diaryl/α,β-unsaturated/α-hetero) is 1. The lowest BCUT2D eigenvalue weighted by Crippen LogP contribution is -2.15. The number of aliphatic hydroxyl groups excluding tert-OH is 1. The molecule has 0 aliphatic carbocycles. The summed E-state index contributed by atoms with van der Waals surface area (Å²) in [4.78, 5) is 11.1. The summed E-state index contributed by atoms with van der Waals surface area (Å²) in [6, 6.07) is 5.91. The van der Waals surface area contributed by atoms with Gasteiger partial charge in [0.05, 0.1) is 0 Å². The molecular formula is C9H10O3. The maximum Gasteiger partial charge on any atom is 0.191 e. The molecule has 3 heteroatoms. The zero-order valence-corrected chi connectivity index (χ0v) is 6.69. The van der Waals surface area contributed by atoms with Crippen molar-refractivity contribution < 1.29 is 15.0 Å². The highest BCUT2D eigenvalue weighted by atomic mass is 16.3. The smallest absolute Gasteiger partial charge is 0.191 e. The predicted octanol–water partition coefficient (Wildman–Crippen LogP) is 0.956. The number of carbonyl (C=O) groups excluding carboxylic acids is 1. The van der Waals surface area contributed by atoms with Crippen molar-refractivity contribution in [2.45, 2.75) is 13.0 Å². The minimum Gasteiger partial charge on any atom is -0.508 e. The summed E-state index contributed by atoms with van der Waals surface area (Å²) in [6.45, 7) is 1.40. The molecule has 0 bridgehead atoms. The lowest BCUT2D eigenvalue weighted by Gasteiger charge is -2.02. The van der Waals surface area contributed by atoms with E-state index in [2.05, 4.69) is 0 Å². The van der Waals surface area contributed by atoms with Crippen molar-refractivity contribution in [2.24, 2.45) is 0 Å². The van der Waals surface area contributed by atoms with Gasteiger partial charge in [-0.2, -0.15) is 0 Å². The first kappa shape index (κ1) is 8.74. The van der Waals surface area contributed by atoms with Gasteiger partial charge in [-0.25, -0.2) is 0 Å². The summed E-state index contributed by atoms with van der Waals surface area (Å²) in [5.41, 5.74) is 0.324. The van der Waals surface area contributed by atoms with Crippen LogP contribution < -0.4 is 0 Å². The molecule has 12 heavy (non-hydrogen) atoms. The number of phenolic OH excluding ortho intramolecular Hbond substituents is 1. The van der Waals surface area contributed by atoms with Crippen molar-refractivity contribution in [3.63, 3.8) is 0 Å². The monoisotopic (exact) mass is 166 g/mol. The Morgan fingerprint density at radius 1 is 1.50 bits per heavy atom. The number of aliphatic hydroxyl groups is 1. The quantitative estimate of drug-likeness (QED) is 0.643. The first-order valence-electron chi connectivity index (χ1n) is 3.62. The molecule has 0 aliphatic rings. The molecule has 64 valence electrons. The Morgan fingerprint density at radius 2 is 2.17 bits per heavy atom. The predicted molar refractivity (Wildman–Crippen MR) is 44.1 cm³/mol. The molecule has 2 N–H and O–H groups in total. The zero-order valence-electron chi connectivity index (χ0n) is 6.69. The SMILES string of the molecule is C[C@H](O)C(=O)c1cccc(O)c1. The second kappa shape index (κ2) is 3.36. The maximum absolute atomic E-state index is 11.1. The molecule has 0 fully saturated rings. The van der Waals surface area contributed by atoms with Gasteiger partial charge >= 0.3 is 0 Å². The van der Waals surface area contributed by atoms with Gasteiger partial charge in [-0.05, 0) is 19.1 Å². The Hall–Kier alpha value is -1.35. The summed E-state index contributed by atoms with van der Waals surface area (Å²) < 4.78 is 0. The van der Waals surface area contributed by atoms with Crippen LogP contribution in [-0.4, -0.2) is 22.1 Å². The molecule has 3 nitrogen and oxygen atoms in total. The first-order chi connectivity index (χ1) is 5.61. The minimum absolute atomic E-state index is 0.0292. The van der Waals surface area contributed by atoms with Crippen molar-refractivity contribution in [3.8, 4) is 5.75 Å². The summed E-state index contributed by atoms with van der Waals surface area (Å²) in [7, 11) is 0. The average molecular weight is 166 g/mol. The fourth-order valence-electron chi connectivity index (χ4n) is 0.900. The van der Waals surface area contributed by atoms with Gasteiger partial charge in [-0.1, -0.05) is 12.1 Å². The first-order valence-corrected chi connectivity index (χ1v) is 3.62. The fourth-order valence-corrected chi connectivity index (χ4v) is 0.900. The standard InChI is InChI=1S/C9H10O3/c1-6(10)9(12)7-3-2-4-8(11)5-7/h2-6,10-11H,1H3/t6-/m0/s1. The van der Waals surface area contributed by atoms with Gasteiger partial charge in [0.1, 0.15) is 11.9 Å². The largest absolute Gasteiger partial charge is 0.508 e. The molecule has 0 aromatic heterocycles. The van der Waals surface area contributed by atoms with Gasteiger partial charge in [0.25, 0.3) is 0 Å². The van der Waals surface area contributed by atoms with E-state index in [9.17, 15) is 4.79 Å². The number of hydrogen-bond acceptors (Lipinski definition) is 3. The van der Waals surface area contributed by atoms with E-state index >= 15 is 0 Å². The number of aromatic hydroxyl groups is 1. The Bertz CT molecular complexity index is 292. The summed E-state index contributed by atoms with van der Waals surface area (Å²) in [5.74, 6) is -0.354. The molecule has 0 radical (unpaired) electrons. The molecule has 0 aliphatic heterocycles. The number of hydrogen-bond donors (Lipinski definition) is 2. The van der Waals surface area contributed by atoms with E-state index in [1.165, 1.54) is 19.1 Å². The third-order valence-corrected chi connectivity index (χ3v) is 1.51. The van der Waals surface area contributed by atoms with Crippen molar-refractivity contribution in [2.75, 3.05) is 0 Å². The van der Waals surface area contributed by atoms with Crippen LogP contribution in [0.25, 0.3) is 0 Å². The molecule has 1 aromatic carbocycles. The highest BCUT2D eigenvalue weighted by Gasteiger charge is 2.11. The van der Waals surface area contributed by atoms with Crippen LogP contribution in [-0.2, 0) is 0 Å². The molecule has 1 atom stereocenters. The molecule has 0 heterocycles. The Morgan fingerprint density at radius 3 is 2.67 bits per heavy atom. The summed E-state index contributed by atoms with van der Waals surface area (Å²) in [6.07, 6.45) is -1.02. The number of ketones is 1. The molecule has 0 amide bonds. The highest BCUT2D eigenvalue weighted by Crippen LogP contribution is 2.12. The van der Waals surface area contributed by atoms with Crippen LogP contribution in [0.4, 0.5) is 0 Å². The van der Waals surface area contributed by atoms with Crippen LogP contribution in [0.3, 0.4) is 0 Å². The van der Waals surface area contributed by atoms with Gasteiger partial charge in [0.15, 0.2) is 5.78 Å². The topological polar surface area (TPSA) is 57.5 Å². The van der Waals surface area contributed by atoms with E-state index in [4.69, 9.17) is 10.2 Å². The van der Waals surface area contributed by atoms with Crippen molar-refractivity contribution in [1.29, 1.82) is 0 Å². The van der Waals surface area contributed by atoms with E-state index in [0.717, 1.165) is 0 Å². The lowest BCUT2D eigenvalue weighted by molar-refractivity contribution is 0.0779. The molecule has 0 unspecified atom stereocenters. The molecule has 0 spiro atoms.